The van der Waals surface area contributed by atoms with Gasteiger partial charge in [-0.05, 0) is 25.2 Å². The Morgan fingerprint density at radius 2 is 1.55 bits per heavy atom. The average molecular weight is 281 g/mol. The zero-order chi connectivity index (χ0) is 14.2. The number of rotatable bonds is 5. The molecule has 2 aliphatic rings. The third kappa shape index (κ3) is 5.08. The Hall–Kier alpha value is -0.570. The molecule has 3 nitrogen and oxygen atoms in total. The van der Waals surface area contributed by atoms with Crippen LogP contribution in [0.1, 0.15) is 77.0 Å². The summed E-state index contributed by atoms with van der Waals surface area (Å²) in [6.07, 6.45) is 15.3. The highest BCUT2D eigenvalue weighted by Gasteiger charge is 2.27. The fourth-order valence-corrected chi connectivity index (χ4v) is 3.86. The topological polar surface area (TPSA) is 38.3 Å². The number of ether oxygens (including phenoxy) is 1. The van der Waals surface area contributed by atoms with Crippen LogP contribution in [0.25, 0.3) is 0 Å². The molecule has 2 saturated carbocycles. The zero-order valence-corrected chi connectivity index (χ0v) is 13.0. The minimum atomic E-state index is -0.0776. The summed E-state index contributed by atoms with van der Waals surface area (Å²) in [6, 6.07) is 0.441. The molecule has 0 amide bonds. The predicted octanol–water partition coefficient (Wildman–Crippen LogP) is 3.81. The molecule has 2 aliphatic carbocycles. The second-order valence-electron chi connectivity index (χ2n) is 6.67. The maximum atomic E-state index is 12.1. The van der Waals surface area contributed by atoms with Crippen LogP contribution >= 0.6 is 0 Å². The van der Waals surface area contributed by atoms with Crippen LogP contribution in [0.2, 0.25) is 0 Å². The van der Waals surface area contributed by atoms with E-state index in [9.17, 15) is 4.79 Å². The summed E-state index contributed by atoms with van der Waals surface area (Å²) in [5.41, 5.74) is 0. The molecule has 0 spiro atoms. The van der Waals surface area contributed by atoms with Gasteiger partial charge >= 0.3 is 5.97 Å². The summed E-state index contributed by atoms with van der Waals surface area (Å²) < 4.78 is 5.03. The van der Waals surface area contributed by atoms with Gasteiger partial charge in [-0.25, -0.2) is 0 Å². The monoisotopic (exact) mass is 281 g/mol. The van der Waals surface area contributed by atoms with E-state index in [1.807, 2.05) is 0 Å². The van der Waals surface area contributed by atoms with Crippen molar-refractivity contribution in [1.82, 2.24) is 5.32 Å². The molecule has 2 fully saturated rings. The fraction of sp³-hybridized carbons (Fsp3) is 0.941. The Bertz CT molecular complexity index is 279. The molecule has 0 aromatic carbocycles. The first-order chi connectivity index (χ1) is 9.79. The van der Waals surface area contributed by atoms with Crippen molar-refractivity contribution < 1.29 is 9.53 Å². The van der Waals surface area contributed by atoms with Gasteiger partial charge in [0.2, 0.25) is 0 Å². The van der Waals surface area contributed by atoms with Crippen molar-refractivity contribution in [2.75, 3.05) is 7.11 Å². The summed E-state index contributed by atoms with van der Waals surface area (Å²) >= 11 is 0. The van der Waals surface area contributed by atoms with Crippen LogP contribution in [-0.4, -0.2) is 25.2 Å². The Labute approximate surface area is 123 Å². The molecule has 1 N–H and O–H groups in total. The lowest BCUT2D eigenvalue weighted by Gasteiger charge is -2.28. The molecule has 0 saturated heterocycles. The maximum absolute atomic E-state index is 12.1. The van der Waals surface area contributed by atoms with Gasteiger partial charge in [0.1, 0.15) is 6.04 Å². The van der Waals surface area contributed by atoms with Crippen LogP contribution < -0.4 is 5.32 Å². The summed E-state index contributed by atoms with van der Waals surface area (Å²) in [4.78, 5) is 12.1. The fourth-order valence-electron chi connectivity index (χ4n) is 3.86. The number of methoxy groups -OCH3 is 1. The Balaban J connectivity index is 1.86. The van der Waals surface area contributed by atoms with E-state index in [0.29, 0.717) is 12.0 Å². The van der Waals surface area contributed by atoms with Crippen molar-refractivity contribution in [1.29, 1.82) is 0 Å². The van der Waals surface area contributed by atoms with Crippen molar-refractivity contribution in [2.45, 2.75) is 89.1 Å². The standard InChI is InChI=1S/C17H31NO2/c1-20-17(19)16(13-14-9-5-4-6-10-14)18-15-11-7-2-3-8-12-15/h14-16,18H,2-13H2,1H3. The summed E-state index contributed by atoms with van der Waals surface area (Å²) in [6.45, 7) is 0. The molecule has 0 aromatic heterocycles. The van der Waals surface area contributed by atoms with Crippen molar-refractivity contribution >= 4 is 5.97 Å². The van der Waals surface area contributed by atoms with E-state index >= 15 is 0 Å². The van der Waals surface area contributed by atoms with Crippen molar-refractivity contribution in [3.8, 4) is 0 Å². The molecule has 0 aromatic rings. The highest BCUT2D eigenvalue weighted by atomic mass is 16.5. The van der Waals surface area contributed by atoms with Gasteiger partial charge in [0.05, 0.1) is 7.11 Å². The summed E-state index contributed by atoms with van der Waals surface area (Å²) in [5, 5.41) is 3.62. The molecular formula is C17H31NO2. The largest absolute Gasteiger partial charge is 0.468 e. The van der Waals surface area contributed by atoms with Gasteiger partial charge in [-0.3, -0.25) is 4.79 Å². The first kappa shape index (κ1) is 15.8. The van der Waals surface area contributed by atoms with Crippen LogP contribution in [-0.2, 0) is 9.53 Å². The van der Waals surface area contributed by atoms with Crippen LogP contribution in [0, 0.1) is 5.92 Å². The van der Waals surface area contributed by atoms with E-state index in [1.54, 1.807) is 0 Å². The normalized spacial score (nSPS) is 24.1. The van der Waals surface area contributed by atoms with E-state index in [-0.39, 0.29) is 12.0 Å². The molecule has 0 heterocycles. The average Bonchev–Trinajstić information content (AvgIpc) is 2.75. The maximum Gasteiger partial charge on any atom is 0.322 e. The molecular weight excluding hydrogens is 250 g/mol. The lowest BCUT2D eigenvalue weighted by molar-refractivity contribution is -0.144. The van der Waals surface area contributed by atoms with Gasteiger partial charge < -0.3 is 10.1 Å². The first-order valence-electron chi connectivity index (χ1n) is 8.63. The second-order valence-corrected chi connectivity index (χ2v) is 6.67. The predicted molar refractivity (Wildman–Crippen MR) is 81.6 cm³/mol. The molecule has 1 atom stereocenters. The molecule has 0 aliphatic heterocycles. The minimum absolute atomic E-state index is 0.0557. The van der Waals surface area contributed by atoms with Crippen molar-refractivity contribution in [3.63, 3.8) is 0 Å². The van der Waals surface area contributed by atoms with E-state index in [4.69, 9.17) is 4.74 Å². The number of hydrogen-bond donors (Lipinski definition) is 1. The smallest absolute Gasteiger partial charge is 0.322 e. The van der Waals surface area contributed by atoms with E-state index in [2.05, 4.69) is 5.32 Å². The zero-order valence-electron chi connectivity index (χ0n) is 13.0. The van der Waals surface area contributed by atoms with Gasteiger partial charge in [-0.2, -0.15) is 0 Å². The number of esters is 1. The van der Waals surface area contributed by atoms with Gasteiger partial charge in [0, 0.05) is 6.04 Å². The molecule has 20 heavy (non-hydrogen) atoms. The van der Waals surface area contributed by atoms with Crippen molar-refractivity contribution in [2.24, 2.45) is 5.92 Å². The first-order valence-corrected chi connectivity index (χ1v) is 8.63. The molecule has 0 radical (unpaired) electrons. The molecule has 1 unspecified atom stereocenters. The third-order valence-corrected chi connectivity index (χ3v) is 5.07. The quantitative estimate of drug-likeness (QED) is 0.615. The van der Waals surface area contributed by atoms with Gasteiger partial charge in [0.15, 0.2) is 0 Å². The van der Waals surface area contributed by atoms with Gasteiger partial charge in [-0.15, -0.1) is 0 Å². The van der Waals surface area contributed by atoms with Gasteiger partial charge in [-0.1, -0.05) is 57.8 Å². The molecule has 3 heteroatoms. The summed E-state index contributed by atoms with van der Waals surface area (Å²) in [5.74, 6) is 0.658. The Kier molecular flexibility index (Phi) is 6.85. The molecule has 2 rings (SSSR count). The third-order valence-electron chi connectivity index (χ3n) is 5.07. The lowest BCUT2D eigenvalue weighted by Crippen LogP contribution is -2.45. The Morgan fingerprint density at radius 1 is 1.00 bits per heavy atom. The Morgan fingerprint density at radius 3 is 2.15 bits per heavy atom. The van der Waals surface area contributed by atoms with Crippen LogP contribution in [0.3, 0.4) is 0 Å². The van der Waals surface area contributed by atoms with Crippen LogP contribution in [0.5, 0.6) is 0 Å². The van der Waals surface area contributed by atoms with Crippen LogP contribution in [0.15, 0.2) is 0 Å². The molecule has 116 valence electrons. The lowest BCUT2D eigenvalue weighted by atomic mass is 9.84. The van der Waals surface area contributed by atoms with Crippen LogP contribution in [0.4, 0.5) is 0 Å². The van der Waals surface area contributed by atoms with E-state index in [1.165, 1.54) is 77.7 Å². The number of nitrogens with one attached hydrogen (secondary N) is 1. The number of carbonyl (C=O) groups excluding carboxylic acids is 1. The van der Waals surface area contributed by atoms with E-state index in [0.717, 1.165) is 6.42 Å². The van der Waals surface area contributed by atoms with Crippen molar-refractivity contribution in [3.05, 3.63) is 0 Å². The highest BCUT2D eigenvalue weighted by Crippen LogP contribution is 2.28. The minimum Gasteiger partial charge on any atom is -0.468 e. The summed E-state index contributed by atoms with van der Waals surface area (Å²) in [7, 11) is 1.52. The van der Waals surface area contributed by atoms with E-state index < -0.39 is 0 Å². The highest BCUT2D eigenvalue weighted by molar-refractivity contribution is 5.75. The SMILES string of the molecule is COC(=O)C(CC1CCCCC1)NC1CCCCCC1. The molecule has 0 bridgehead atoms. The van der Waals surface area contributed by atoms with Gasteiger partial charge in [0.25, 0.3) is 0 Å². The second kappa shape index (κ2) is 8.66. The number of carbonyl (C=O) groups is 1. The number of hydrogen-bond acceptors (Lipinski definition) is 3.